The van der Waals surface area contributed by atoms with E-state index in [1.807, 2.05) is 36.4 Å². The zero-order valence-electron chi connectivity index (χ0n) is 15.0. The average Bonchev–Trinajstić information content (AvgIpc) is 3.09. The Morgan fingerprint density at radius 1 is 1.00 bits per heavy atom. The van der Waals surface area contributed by atoms with Crippen molar-refractivity contribution in [3.05, 3.63) is 91.3 Å². The molecule has 0 fully saturated rings. The highest BCUT2D eigenvalue weighted by Gasteiger charge is 2.18. The van der Waals surface area contributed by atoms with Gasteiger partial charge < -0.3 is 4.57 Å². The Kier molecular flexibility index (Phi) is 4.83. The zero-order valence-corrected chi connectivity index (χ0v) is 16.5. The molecule has 0 saturated carbocycles. The van der Waals surface area contributed by atoms with Gasteiger partial charge in [0.2, 0.25) is 0 Å². The zero-order chi connectivity index (χ0) is 19.8. The molecule has 0 amide bonds. The number of nitrogens with zero attached hydrogens (tertiary/aromatic N) is 4. The van der Waals surface area contributed by atoms with E-state index in [1.54, 1.807) is 30.0 Å². The summed E-state index contributed by atoms with van der Waals surface area (Å²) in [5.74, 6) is 0. The average molecular weight is 415 g/mol. The third-order valence-electron chi connectivity index (χ3n) is 4.57. The summed E-state index contributed by atoms with van der Waals surface area (Å²) in [5, 5.41) is 0.905. The molecule has 28 heavy (non-hydrogen) atoms. The number of aromatic nitrogens is 4. The van der Waals surface area contributed by atoms with Crippen LogP contribution in [0.5, 0.6) is 0 Å². The lowest BCUT2D eigenvalue weighted by Crippen LogP contribution is -2.39. The number of para-hydroxylation sites is 1. The molecule has 0 aliphatic rings. The quantitative estimate of drug-likeness (QED) is 0.511. The maximum Gasteiger partial charge on any atom is 0.337 e. The van der Waals surface area contributed by atoms with Gasteiger partial charge in [-0.15, -0.1) is 0 Å². The molecule has 142 valence electrons. The van der Waals surface area contributed by atoms with Gasteiger partial charge in [-0.25, -0.2) is 14.3 Å². The van der Waals surface area contributed by atoms with Gasteiger partial charge in [-0.3, -0.25) is 9.36 Å². The van der Waals surface area contributed by atoms with E-state index in [4.69, 9.17) is 23.2 Å². The second-order valence-electron chi connectivity index (χ2n) is 6.30. The molecule has 0 radical (unpaired) electrons. The molecular formula is C20H16Cl2N4O2. The Bertz CT molecular complexity index is 1290. The number of benzene rings is 2. The van der Waals surface area contributed by atoms with Crippen LogP contribution in [-0.4, -0.2) is 18.7 Å². The summed E-state index contributed by atoms with van der Waals surface area (Å²) in [6, 6.07) is 14.5. The first-order valence-corrected chi connectivity index (χ1v) is 9.47. The minimum absolute atomic E-state index is 0.262. The lowest BCUT2D eigenvalue weighted by Gasteiger charge is -2.11. The van der Waals surface area contributed by atoms with Gasteiger partial charge in [0, 0.05) is 13.1 Å². The van der Waals surface area contributed by atoms with Crippen LogP contribution < -0.4 is 11.2 Å². The monoisotopic (exact) mass is 414 g/mol. The predicted octanol–water partition coefficient (Wildman–Crippen LogP) is 3.72. The van der Waals surface area contributed by atoms with Crippen LogP contribution in [0.2, 0.25) is 10.0 Å². The van der Waals surface area contributed by atoms with Crippen molar-refractivity contribution >= 4 is 34.4 Å². The van der Waals surface area contributed by atoms with Crippen molar-refractivity contribution in [1.82, 2.24) is 18.7 Å². The van der Waals surface area contributed by atoms with Gasteiger partial charge in [0.25, 0.3) is 5.56 Å². The van der Waals surface area contributed by atoms with E-state index in [9.17, 15) is 9.59 Å². The fourth-order valence-corrected chi connectivity index (χ4v) is 3.54. The van der Waals surface area contributed by atoms with Crippen LogP contribution in [0, 0.1) is 0 Å². The summed E-state index contributed by atoms with van der Waals surface area (Å²) in [4.78, 5) is 30.3. The molecule has 0 atom stereocenters. The van der Waals surface area contributed by atoms with Crippen LogP contribution in [0.1, 0.15) is 12.5 Å². The standard InChI is InChI=1S/C20H16Cl2N4O2/c1-2-25-19(27)17-18(26(20(25)28)14-6-4-3-5-7-14)23-12-24(17)11-13-8-9-15(21)16(22)10-13/h3-10,12H,2,11H2,1H3. The van der Waals surface area contributed by atoms with Crippen LogP contribution in [0.4, 0.5) is 0 Å². The van der Waals surface area contributed by atoms with Crippen LogP contribution in [-0.2, 0) is 13.1 Å². The van der Waals surface area contributed by atoms with Crippen LogP contribution >= 0.6 is 23.2 Å². The Balaban J connectivity index is 1.97. The normalized spacial score (nSPS) is 11.2. The van der Waals surface area contributed by atoms with Gasteiger partial charge >= 0.3 is 5.69 Å². The van der Waals surface area contributed by atoms with Gasteiger partial charge in [-0.1, -0.05) is 47.5 Å². The molecule has 0 saturated heterocycles. The molecule has 0 unspecified atom stereocenters. The Morgan fingerprint density at radius 2 is 1.75 bits per heavy atom. The first-order valence-electron chi connectivity index (χ1n) is 8.71. The number of halogens is 2. The van der Waals surface area contributed by atoms with Crippen molar-refractivity contribution in [3.8, 4) is 5.69 Å². The van der Waals surface area contributed by atoms with Crippen molar-refractivity contribution in [2.75, 3.05) is 0 Å². The van der Waals surface area contributed by atoms with E-state index >= 15 is 0 Å². The van der Waals surface area contributed by atoms with Crippen molar-refractivity contribution in [2.24, 2.45) is 0 Å². The molecule has 0 aliphatic heterocycles. The summed E-state index contributed by atoms with van der Waals surface area (Å²) in [6.45, 7) is 2.40. The maximum absolute atomic E-state index is 13.0. The van der Waals surface area contributed by atoms with Crippen LogP contribution in [0.15, 0.2) is 64.4 Å². The number of hydrogen-bond donors (Lipinski definition) is 0. The fourth-order valence-electron chi connectivity index (χ4n) is 3.22. The number of rotatable bonds is 4. The molecular weight excluding hydrogens is 399 g/mol. The van der Waals surface area contributed by atoms with Gasteiger partial charge in [0.15, 0.2) is 11.2 Å². The summed E-state index contributed by atoms with van der Waals surface area (Å²) in [6.07, 6.45) is 1.56. The SMILES string of the molecule is CCn1c(=O)c2c(ncn2Cc2ccc(Cl)c(Cl)c2)n(-c2ccccc2)c1=O. The van der Waals surface area contributed by atoms with E-state index in [2.05, 4.69) is 4.98 Å². The molecule has 2 heterocycles. The lowest BCUT2D eigenvalue weighted by molar-refractivity contribution is 0.655. The number of fused-ring (bicyclic) bond motifs is 1. The molecule has 8 heteroatoms. The Hall–Kier alpha value is -2.83. The van der Waals surface area contributed by atoms with Crippen molar-refractivity contribution < 1.29 is 0 Å². The Labute approximate surface area is 170 Å². The molecule has 0 N–H and O–H groups in total. The van der Waals surface area contributed by atoms with E-state index < -0.39 is 5.69 Å². The molecule has 6 nitrogen and oxygen atoms in total. The maximum atomic E-state index is 13.0. The molecule has 2 aromatic heterocycles. The molecule has 4 rings (SSSR count). The van der Waals surface area contributed by atoms with Crippen molar-refractivity contribution in [1.29, 1.82) is 0 Å². The Morgan fingerprint density at radius 3 is 2.43 bits per heavy atom. The molecule has 4 aromatic rings. The van der Waals surface area contributed by atoms with Crippen molar-refractivity contribution in [2.45, 2.75) is 20.0 Å². The molecule has 2 aromatic carbocycles. The highest BCUT2D eigenvalue weighted by molar-refractivity contribution is 6.42. The summed E-state index contributed by atoms with van der Waals surface area (Å²) in [7, 11) is 0. The summed E-state index contributed by atoms with van der Waals surface area (Å²) in [5.41, 5.74) is 1.42. The van der Waals surface area contributed by atoms with E-state index in [1.165, 1.54) is 9.13 Å². The third kappa shape index (κ3) is 3.04. The van der Waals surface area contributed by atoms with Crippen LogP contribution in [0.25, 0.3) is 16.9 Å². The largest absolute Gasteiger partial charge is 0.337 e. The van der Waals surface area contributed by atoms with Crippen molar-refractivity contribution in [3.63, 3.8) is 0 Å². The predicted molar refractivity (Wildman–Crippen MR) is 111 cm³/mol. The molecule has 0 bridgehead atoms. The number of imidazole rings is 1. The molecule has 0 spiro atoms. The lowest BCUT2D eigenvalue weighted by atomic mass is 10.2. The highest BCUT2D eigenvalue weighted by atomic mass is 35.5. The first-order chi connectivity index (χ1) is 13.5. The van der Waals surface area contributed by atoms with E-state index in [-0.39, 0.29) is 12.1 Å². The van der Waals surface area contributed by atoms with E-state index in [0.717, 1.165) is 5.56 Å². The highest BCUT2D eigenvalue weighted by Crippen LogP contribution is 2.23. The minimum atomic E-state index is -0.411. The van der Waals surface area contributed by atoms with Gasteiger partial charge in [0.05, 0.1) is 22.1 Å². The van der Waals surface area contributed by atoms with Gasteiger partial charge in [-0.05, 0) is 36.8 Å². The number of hydrogen-bond acceptors (Lipinski definition) is 3. The first kappa shape index (κ1) is 18.5. The van der Waals surface area contributed by atoms with Gasteiger partial charge in [0.1, 0.15) is 0 Å². The smallest absolute Gasteiger partial charge is 0.320 e. The second-order valence-corrected chi connectivity index (χ2v) is 7.11. The fraction of sp³-hybridized carbons (Fsp3) is 0.150. The summed E-state index contributed by atoms with van der Waals surface area (Å²) < 4.78 is 4.40. The van der Waals surface area contributed by atoms with Gasteiger partial charge in [-0.2, -0.15) is 0 Å². The summed E-state index contributed by atoms with van der Waals surface area (Å²) >= 11 is 12.1. The third-order valence-corrected chi connectivity index (χ3v) is 5.31. The van der Waals surface area contributed by atoms with E-state index in [0.29, 0.717) is 33.4 Å². The minimum Gasteiger partial charge on any atom is -0.320 e. The van der Waals surface area contributed by atoms with Crippen LogP contribution in [0.3, 0.4) is 0 Å². The molecule has 0 aliphatic carbocycles. The topological polar surface area (TPSA) is 61.8 Å². The second kappa shape index (κ2) is 7.30.